The molecule has 4 heteroatoms. The van der Waals surface area contributed by atoms with Crippen molar-refractivity contribution in [3.63, 3.8) is 0 Å². The summed E-state index contributed by atoms with van der Waals surface area (Å²) in [6.45, 7) is -0.158. The number of phenols is 1. The molecule has 74 valence electrons. The third kappa shape index (κ3) is 2.44. The zero-order valence-corrected chi connectivity index (χ0v) is 7.22. The lowest BCUT2D eigenvalue weighted by molar-refractivity contribution is 0.305. The first-order valence-corrected chi connectivity index (χ1v) is 3.93. The summed E-state index contributed by atoms with van der Waals surface area (Å²) >= 11 is 0. The zero-order chi connectivity index (χ0) is 10.6. The number of benzene rings is 1. The third-order valence-corrected chi connectivity index (χ3v) is 1.48. The molecule has 0 atom stereocenters. The van der Waals surface area contributed by atoms with Crippen molar-refractivity contribution in [1.29, 1.82) is 0 Å². The minimum Gasteiger partial charge on any atom is -0.508 e. The lowest BCUT2D eigenvalue weighted by Gasteiger charge is -1.97. The number of aliphatic hydroxyl groups is 1. The molecule has 0 fully saturated rings. The molecule has 0 saturated heterocycles. The van der Waals surface area contributed by atoms with Gasteiger partial charge >= 0.3 is 0 Å². The Kier molecular flexibility index (Phi) is 3.43. The summed E-state index contributed by atoms with van der Waals surface area (Å²) in [5.74, 6) is 2.33. The van der Waals surface area contributed by atoms with Crippen molar-refractivity contribution in [2.45, 2.75) is 6.42 Å². The molecule has 0 bridgehead atoms. The van der Waals surface area contributed by atoms with E-state index in [1.54, 1.807) is 0 Å². The quantitative estimate of drug-likeness (QED) is 0.670. The Bertz CT molecular complexity index is 368. The Labute approximate surface area is 79.8 Å². The van der Waals surface area contributed by atoms with E-state index >= 15 is 0 Å². The fourth-order valence-corrected chi connectivity index (χ4v) is 0.886. The van der Waals surface area contributed by atoms with Crippen LogP contribution in [0.1, 0.15) is 12.0 Å². The second-order valence-electron chi connectivity index (χ2n) is 2.56. The molecule has 2 nitrogen and oxygen atoms in total. The van der Waals surface area contributed by atoms with Gasteiger partial charge in [0, 0.05) is 18.6 Å². The molecule has 0 spiro atoms. The van der Waals surface area contributed by atoms with Gasteiger partial charge in [0.25, 0.3) is 0 Å². The third-order valence-electron chi connectivity index (χ3n) is 1.48. The van der Waals surface area contributed by atoms with Crippen molar-refractivity contribution < 1.29 is 19.0 Å². The molecule has 1 rings (SSSR count). The van der Waals surface area contributed by atoms with Gasteiger partial charge in [-0.15, -0.1) is 0 Å². The molecule has 2 N–H and O–H groups in total. The smallest absolute Gasteiger partial charge is 0.145 e. The molecule has 0 unspecified atom stereocenters. The van der Waals surface area contributed by atoms with Gasteiger partial charge < -0.3 is 10.2 Å². The standard InChI is InChI=1S/C10H8F2O2/c11-9-5-7(14)6-10(12)8(9)3-1-2-4-13/h5-6,13-14H,2,4H2. The van der Waals surface area contributed by atoms with Gasteiger partial charge in [-0.2, -0.15) is 0 Å². The Morgan fingerprint density at radius 3 is 2.29 bits per heavy atom. The van der Waals surface area contributed by atoms with Gasteiger partial charge in [-0.3, -0.25) is 0 Å². The van der Waals surface area contributed by atoms with Crippen LogP contribution in [0.2, 0.25) is 0 Å². The van der Waals surface area contributed by atoms with Crippen LogP contribution in [0.5, 0.6) is 5.75 Å². The number of hydrogen-bond donors (Lipinski definition) is 2. The highest BCUT2D eigenvalue weighted by molar-refractivity contribution is 5.40. The Balaban J connectivity index is 3.04. The van der Waals surface area contributed by atoms with E-state index in [2.05, 4.69) is 11.8 Å². The van der Waals surface area contributed by atoms with E-state index in [1.165, 1.54) is 0 Å². The van der Waals surface area contributed by atoms with E-state index in [0.717, 1.165) is 12.1 Å². The van der Waals surface area contributed by atoms with Crippen LogP contribution < -0.4 is 0 Å². The summed E-state index contributed by atoms with van der Waals surface area (Å²) in [4.78, 5) is 0. The summed E-state index contributed by atoms with van der Waals surface area (Å²) in [6, 6.07) is 1.57. The highest BCUT2D eigenvalue weighted by atomic mass is 19.1. The van der Waals surface area contributed by atoms with E-state index in [0.29, 0.717) is 0 Å². The van der Waals surface area contributed by atoms with E-state index in [9.17, 15) is 8.78 Å². The molecule has 0 aromatic heterocycles. The molecular weight excluding hydrogens is 190 g/mol. The number of aromatic hydroxyl groups is 1. The largest absolute Gasteiger partial charge is 0.508 e. The van der Waals surface area contributed by atoms with Crippen LogP contribution in [-0.4, -0.2) is 16.8 Å². The van der Waals surface area contributed by atoms with Crippen LogP contribution in [0.3, 0.4) is 0 Å². The summed E-state index contributed by atoms with van der Waals surface area (Å²) < 4.78 is 25.9. The first-order valence-electron chi connectivity index (χ1n) is 3.93. The highest BCUT2D eigenvalue weighted by Crippen LogP contribution is 2.18. The predicted octanol–water partition coefficient (Wildman–Crippen LogP) is 1.40. The average Bonchev–Trinajstić information content (AvgIpc) is 2.09. The minimum absolute atomic E-state index is 0.153. The number of rotatable bonds is 1. The van der Waals surface area contributed by atoms with Gasteiger partial charge in [0.1, 0.15) is 17.4 Å². The van der Waals surface area contributed by atoms with Crippen molar-refractivity contribution in [3.05, 3.63) is 29.3 Å². The molecule has 0 amide bonds. The molecule has 1 aromatic carbocycles. The maximum absolute atomic E-state index is 13.0. The lowest BCUT2D eigenvalue weighted by atomic mass is 10.2. The maximum Gasteiger partial charge on any atom is 0.145 e. The van der Waals surface area contributed by atoms with Crippen molar-refractivity contribution in [1.82, 2.24) is 0 Å². The second kappa shape index (κ2) is 4.58. The number of hydrogen-bond acceptors (Lipinski definition) is 2. The normalized spacial score (nSPS) is 9.36. The molecule has 0 aliphatic rings. The number of phenolic OH excluding ortho intramolecular Hbond substituents is 1. The molecule has 0 radical (unpaired) electrons. The first kappa shape index (κ1) is 10.5. The molecule has 0 aliphatic carbocycles. The molecule has 1 aromatic rings. The SMILES string of the molecule is OCCC#Cc1c(F)cc(O)cc1F. The van der Waals surface area contributed by atoms with Crippen LogP contribution in [0.15, 0.2) is 12.1 Å². The van der Waals surface area contributed by atoms with Gasteiger partial charge in [0.15, 0.2) is 0 Å². The van der Waals surface area contributed by atoms with Gasteiger partial charge in [0.05, 0.1) is 12.2 Å². The van der Waals surface area contributed by atoms with Crippen LogP contribution in [0.4, 0.5) is 8.78 Å². The Hall–Kier alpha value is -1.60. The topological polar surface area (TPSA) is 40.5 Å². The van der Waals surface area contributed by atoms with Gasteiger partial charge in [0.2, 0.25) is 0 Å². The molecular formula is C10H8F2O2. The zero-order valence-electron chi connectivity index (χ0n) is 7.22. The monoisotopic (exact) mass is 198 g/mol. The highest BCUT2D eigenvalue weighted by Gasteiger charge is 2.07. The van der Waals surface area contributed by atoms with Gasteiger partial charge in [-0.05, 0) is 0 Å². The maximum atomic E-state index is 13.0. The van der Waals surface area contributed by atoms with Gasteiger partial charge in [-0.25, -0.2) is 8.78 Å². The van der Waals surface area contributed by atoms with Crippen molar-refractivity contribution in [2.75, 3.05) is 6.61 Å². The van der Waals surface area contributed by atoms with Crippen LogP contribution >= 0.6 is 0 Å². The van der Waals surface area contributed by atoms with Crippen molar-refractivity contribution in [2.24, 2.45) is 0 Å². The van der Waals surface area contributed by atoms with E-state index in [-0.39, 0.29) is 13.0 Å². The summed E-state index contributed by atoms with van der Waals surface area (Å²) in [6.07, 6.45) is 0.153. The summed E-state index contributed by atoms with van der Waals surface area (Å²) in [5, 5.41) is 17.2. The van der Waals surface area contributed by atoms with Gasteiger partial charge in [-0.1, -0.05) is 11.8 Å². The Morgan fingerprint density at radius 2 is 1.79 bits per heavy atom. The predicted molar refractivity (Wildman–Crippen MR) is 46.6 cm³/mol. The summed E-state index contributed by atoms with van der Waals surface area (Å²) in [7, 11) is 0. The van der Waals surface area contributed by atoms with E-state index in [4.69, 9.17) is 10.2 Å². The number of halogens is 2. The fourth-order valence-electron chi connectivity index (χ4n) is 0.886. The molecule has 0 heterocycles. The molecule has 14 heavy (non-hydrogen) atoms. The number of aliphatic hydroxyl groups excluding tert-OH is 1. The molecule has 0 saturated carbocycles. The lowest BCUT2D eigenvalue weighted by Crippen LogP contribution is -1.89. The van der Waals surface area contributed by atoms with Crippen LogP contribution in [0, 0.1) is 23.5 Å². The van der Waals surface area contributed by atoms with E-state index < -0.39 is 22.9 Å². The van der Waals surface area contributed by atoms with E-state index in [1.807, 2.05) is 0 Å². The fraction of sp³-hybridized carbons (Fsp3) is 0.200. The second-order valence-corrected chi connectivity index (χ2v) is 2.56. The average molecular weight is 198 g/mol. The first-order chi connectivity index (χ1) is 6.65. The van der Waals surface area contributed by atoms with Crippen LogP contribution in [-0.2, 0) is 0 Å². The minimum atomic E-state index is -0.909. The van der Waals surface area contributed by atoms with Crippen molar-refractivity contribution >= 4 is 0 Å². The Morgan fingerprint density at radius 1 is 1.21 bits per heavy atom. The molecule has 0 aliphatic heterocycles. The van der Waals surface area contributed by atoms with Crippen LogP contribution in [0.25, 0.3) is 0 Å². The van der Waals surface area contributed by atoms with Crippen molar-refractivity contribution in [3.8, 4) is 17.6 Å². The summed E-state index contributed by atoms with van der Waals surface area (Å²) in [5.41, 5.74) is -0.392.